The molecular weight excluding hydrogens is 376 g/mol. The van der Waals surface area contributed by atoms with Crippen molar-refractivity contribution in [2.45, 2.75) is 31.3 Å². The lowest BCUT2D eigenvalue weighted by atomic mass is 10.0. The number of hydrogen-bond donors (Lipinski definition) is 1. The highest BCUT2D eigenvalue weighted by atomic mass is 16.5. The van der Waals surface area contributed by atoms with Crippen molar-refractivity contribution in [2.24, 2.45) is 5.92 Å². The number of urea groups is 1. The summed E-state index contributed by atoms with van der Waals surface area (Å²) >= 11 is 0. The zero-order valence-corrected chi connectivity index (χ0v) is 16.3. The Morgan fingerprint density at radius 2 is 1.93 bits per heavy atom. The minimum absolute atomic E-state index is 0.0652. The van der Waals surface area contributed by atoms with Gasteiger partial charge in [0.1, 0.15) is 0 Å². The molecule has 156 valence electrons. The Bertz CT molecular complexity index is 813. The van der Waals surface area contributed by atoms with Crippen molar-refractivity contribution >= 4 is 23.5 Å². The molecule has 1 N–H and O–H groups in total. The molecule has 4 fully saturated rings. The number of carbonyl (C=O) groups excluding carboxylic acids is 3. The van der Waals surface area contributed by atoms with Crippen molar-refractivity contribution in [3.8, 4) is 0 Å². The minimum atomic E-state index is -0.243. The zero-order valence-electron chi connectivity index (χ0n) is 16.3. The Labute approximate surface area is 168 Å². The minimum Gasteiger partial charge on any atom is -0.381 e. The van der Waals surface area contributed by atoms with Gasteiger partial charge in [0.25, 0.3) is 0 Å². The van der Waals surface area contributed by atoms with Gasteiger partial charge >= 0.3 is 6.03 Å². The molecule has 0 aliphatic carbocycles. The number of anilines is 1. The first-order chi connectivity index (χ1) is 14.1. The lowest BCUT2D eigenvalue weighted by Crippen LogP contribution is -2.53. The fourth-order valence-electron chi connectivity index (χ4n) is 4.69. The number of hydrogen-bond acceptors (Lipinski definition) is 5. The largest absolute Gasteiger partial charge is 0.381 e. The number of amides is 4. The van der Waals surface area contributed by atoms with Crippen LogP contribution in [0, 0.1) is 5.92 Å². The average molecular weight is 402 g/mol. The second-order valence-corrected chi connectivity index (χ2v) is 8.25. The SMILES string of the molecule is O=C(C1CC(=O)N(C2CCOCC2)C1)N1CC(n2cc(N3CCNC3=O)cn2)C1. The van der Waals surface area contributed by atoms with Crippen molar-refractivity contribution in [3.63, 3.8) is 0 Å². The standard InChI is InChI=1S/C19H26N6O4/c26-17-7-13(9-24(17)14-1-5-29-6-2-14)18(27)22-10-16(11-22)25-12-15(8-21-25)23-4-3-20-19(23)28/h8,12-14,16H,1-7,9-11H2,(H,20,28). The molecule has 5 rings (SSSR count). The van der Waals surface area contributed by atoms with Gasteiger partial charge in [-0.15, -0.1) is 0 Å². The Hall–Kier alpha value is -2.62. The number of aromatic nitrogens is 2. The number of nitrogens with zero attached hydrogens (tertiary/aromatic N) is 5. The third-order valence-electron chi connectivity index (χ3n) is 6.44. The number of nitrogens with one attached hydrogen (secondary N) is 1. The molecule has 0 bridgehead atoms. The van der Waals surface area contributed by atoms with E-state index < -0.39 is 0 Å². The second-order valence-electron chi connectivity index (χ2n) is 8.25. The van der Waals surface area contributed by atoms with Gasteiger partial charge < -0.3 is 19.9 Å². The number of ether oxygens (including phenoxy) is 1. The van der Waals surface area contributed by atoms with Crippen LogP contribution < -0.4 is 10.2 Å². The van der Waals surface area contributed by atoms with E-state index in [1.54, 1.807) is 11.1 Å². The fraction of sp³-hybridized carbons (Fsp3) is 0.684. The quantitative estimate of drug-likeness (QED) is 0.753. The van der Waals surface area contributed by atoms with Gasteiger partial charge in [-0.1, -0.05) is 0 Å². The Kier molecular flexibility index (Phi) is 4.65. The molecule has 4 aliphatic heterocycles. The van der Waals surface area contributed by atoms with E-state index in [0.29, 0.717) is 52.4 Å². The summed E-state index contributed by atoms with van der Waals surface area (Å²) < 4.78 is 7.21. The van der Waals surface area contributed by atoms with Crippen LogP contribution in [-0.2, 0) is 14.3 Å². The molecule has 10 nitrogen and oxygen atoms in total. The second kappa shape index (κ2) is 7.33. The number of likely N-dealkylation sites (tertiary alicyclic amines) is 2. The molecule has 4 aliphatic rings. The van der Waals surface area contributed by atoms with Crippen LogP contribution in [0.5, 0.6) is 0 Å². The zero-order chi connectivity index (χ0) is 20.0. The van der Waals surface area contributed by atoms with Crippen molar-refractivity contribution in [1.82, 2.24) is 24.9 Å². The van der Waals surface area contributed by atoms with E-state index in [1.165, 1.54) is 0 Å². The molecule has 1 atom stereocenters. The normalized spacial score (nSPS) is 26.2. The maximum absolute atomic E-state index is 12.9. The molecule has 5 heterocycles. The summed E-state index contributed by atoms with van der Waals surface area (Å²) in [5.74, 6) is -0.0869. The maximum Gasteiger partial charge on any atom is 0.322 e. The van der Waals surface area contributed by atoms with Crippen LogP contribution in [0.3, 0.4) is 0 Å². The van der Waals surface area contributed by atoms with Crippen molar-refractivity contribution < 1.29 is 19.1 Å². The van der Waals surface area contributed by atoms with E-state index in [0.717, 1.165) is 18.5 Å². The summed E-state index contributed by atoms with van der Waals surface area (Å²) in [4.78, 5) is 42.4. The van der Waals surface area contributed by atoms with Crippen LogP contribution in [0.25, 0.3) is 0 Å². The lowest BCUT2D eigenvalue weighted by Gasteiger charge is -2.40. The first kappa shape index (κ1) is 18.4. The average Bonchev–Trinajstić information content (AvgIpc) is 3.41. The van der Waals surface area contributed by atoms with Crippen molar-refractivity contribution in [3.05, 3.63) is 12.4 Å². The summed E-state index contributed by atoms with van der Waals surface area (Å²) in [5, 5.41) is 7.15. The lowest BCUT2D eigenvalue weighted by molar-refractivity contribution is -0.141. The topological polar surface area (TPSA) is 100 Å². The Morgan fingerprint density at radius 3 is 2.66 bits per heavy atom. The van der Waals surface area contributed by atoms with Gasteiger partial charge in [-0.25, -0.2) is 4.79 Å². The van der Waals surface area contributed by atoms with Crippen molar-refractivity contribution in [2.75, 3.05) is 50.8 Å². The fourth-order valence-corrected chi connectivity index (χ4v) is 4.69. The van der Waals surface area contributed by atoms with Crippen LogP contribution in [-0.4, -0.2) is 89.4 Å². The summed E-state index contributed by atoms with van der Waals surface area (Å²) in [7, 11) is 0. The molecule has 0 saturated carbocycles. The molecule has 4 amide bonds. The summed E-state index contributed by atoms with van der Waals surface area (Å²) in [5.41, 5.74) is 0.776. The first-order valence-corrected chi connectivity index (χ1v) is 10.4. The van der Waals surface area contributed by atoms with Gasteiger partial charge in [0.15, 0.2) is 0 Å². The van der Waals surface area contributed by atoms with Gasteiger partial charge in [-0.3, -0.25) is 19.2 Å². The van der Waals surface area contributed by atoms with E-state index in [4.69, 9.17) is 4.74 Å². The Morgan fingerprint density at radius 1 is 1.14 bits per heavy atom. The highest BCUT2D eigenvalue weighted by molar-refractivity contribution is 5.93. The molecule has 0 aromatic carbocycles. The van der Waals surface area contributed by atoms with E-state index >= 15 is 0 Å². The molecule has 1 unspecified atom stereocenters. The van der Waals surface area contributed by atoms with Crippen LogP contribution in [0.1, 0.15) is 25.3 Å². The van der Waals surface area contributed by atoms with Gasteiger partial charge in [0.05, 0.1) is 23.8 Å². The summed E-state index contributed by atoms with van der Waals surface area (Å²) in [6.45, 7) is 4.36. The monoisotopic (exact) mass is 402 g/mol. The predicted octanol–water partition coefficient (Wildman–Crippen LogP) is -0.176. The smallest absolute Gasteiger partial charge is 0.322 e. The van der Waals surface area contributed by atoms with E-state index in [2.05, 4.69) is 10.4 Å². The van der Waals surface area contributed by atoms with Gasteiger partial charge in [-0.05, 0) is 12.8 Å². The molecule has 29 heavy (non-hydrogen) atoms. The van der Waals surface area contributed by atoms with Crippen LogP contribution in [0.2, 0.25) is 0 Å². The molecule has 1 aromatic rings. The number of carbonyl (C=O) groups is 3. The third-order valence-corrected chi connectivity index (χ3v) is 6.44. The molecule has 0 radical (unpaired) electrons. The van der Waals surface area contributed by atoms with Crippen LogP contribution >= 0.6 is 0 Å². The third kappa shape index (κ3) is 3.35. The predicted molar refractivity (Wildman–Crippen MR) is 102 cm³/mol. The van der Waals surface area contributed by atoms with Gasteiger partial charge in [-0.2, -0.15) is 5.10 Å². The summed E-state index contributed by atoms with van der Waals surface area (Å²) in [6, 6.07) is 0.223. The first-order valence-electron chi connectivity index (χ1n) is 10.4. The molecule has 1 aromatic heterocycles. The molecular formula is C19H26N6O4. The highest BCUT2D eigenvalue weighted by Crippen LogP contribution is 2.30. The van der Waals surface area contributed by atoms with E-state index in [-0.39, 0.29) is 35.8 Å². The summed E-state index contributed by atoms with van der Waals surface area (Å²) in [6.07, 6.45) is 5.58. The highest BCUT2D eigenvalue weighted by Gasteiger charge is 2.43. The molecule has 4 saturated heterocycles. The van der Waals surface area contributed by atoms with Gasteiger partial charge in [0.2, 0.25) is 11.8 Å². The van der Waals surface area contributed by atoms with Crippen LogP contribution in [0.4, 0.5) is 10.5 Å². The molecule has 10 heteroatoms. The van der Waals surface area contributed by atoms with E-state index in [1.807, 2.05) is 20.7 Å². The number of rotatable bonds is 4. The van der Waals surface area contributed by atoms with Gasteiger partial charge in [0, 0.05) is 64.6 Å². The van der Waals surface area contributed by atoms with E-state index in [9.17, 15) is 14.4 Å². The van der Waals surface area contributed by atoms with Crippen molar-refractivity contribution in [1.29, 1.82) is 0 Å². The van der Waals surface area contributed by atoms with Crippen LogP contribution in [0.15, 0.2) is 12.4 Å². The maximum atomic E-state index is 12.9. The Balaban J connectivity index is 1.15. The molecule has 0 spiro atoms.